The summed E-state index contributed by atoms with van der Waals surface area (Å²) in [5.41, 5.74) is 5.57. The monoisotopic (exact) mass is 270 g/mol. The molecule has 0 aliphatic carbocycles. The van der Waals surface area contributed by atoms with E-state index in [2.05, 4.69) is 80.9 Å². The Morgan fingerprint density at radius 1 is 1.05 bits per heavy atom. The summed E-state index contributed by atoms with van der Waals surface area (Å²) in [5, 5.41) is 3.56. The fourth-order valence-corrected chi connectivity index (χ4v) is 2.55. The molecule has 2 rings (SSSR count). The highest BCUT2D eigenvalue weighted by molar-refractivity contribution is 5.40. The van der Waals surface area contributed by atoms with Gasteiger partial charge in [-0.2, -0.15) is 0 Å². The van der Waals surface area contributed by atoms with E-state index in [0.29, 0.717) is 5.41 Å². The van der Waals surface area contributed by atoms with E-state index >= 15 is 0 Å². The highest BCUT2D eigenvalue weighted by atomic mass is 15.0. The van der Waals surface area contributed by atoms with Gasteiger partial charge < -0.3 is 9.88 Å². The predicted molar refractivity (Wildman–Crippen MR) is 86.4 cm³/mol. The van der Waals surface area contributed by atoms with Gasteiger partial charge >= 0.3 is 0 Å². The number of nitrogens with zero attached hydrogens (tertiary/aromatic N) is 1. The molecule has 1 heterocycles. The topological polar surface area (TPSA) is 17.0 Å². The normalized spacial score (nSPS) is 11.8. The molecule has 2 aromatic rings. The maximum absolute atomic E-state index is 3.56. The summed E-state index contributed by atoms with van der Waals surface area (Å²) in [5.74, 6) is 0. The van der Waals surface area contributed by atoms with Crippen molar-refractivity contribution in [1.29, 1.82) is 0 Å². The molecule has 0 aliphatic rings. The highest BCUT2D eigenvalue weighted by Gasteiger charge is 2.12. The molecule has 0 radical (unpaired) electrons. The molecular formula is C18H26N2. The van der Waals surface area contributed by atoms with Crippen LogP contribution in [0, 0.1) is 19.3 Å². The molecule has 1 N–H and O–H groups in total. The standard InChI is InChI=1S/C18H26N2/c1-14-11-16(12-19-13-18(3,4)5)15(2)20(14)17-9-7-6-8-10-17/h6-11,19H,12-13H2,1-5H3. The second-order valence-electron chi connectivity index (χ2n) is 6.73. The van der Waals surface area contributed by atoms with E-state index in [1.54, 1.807) is 0 Å². The van der Waals surface area contributed by atoms with E-state index in [0.717, 1.165) is 13.1 Å². The second kappa shape index (κ2) is 5.84. The molecule has 0 unspecified atom stereocenters. The Hall–Kier alpha value is -1.54. The number of rotatable bonds is 4. The van der Waals surface area contributed by atoms with Crippen LogP contribution >= 0.6 is 0 Å². The molecule has 0 saturated carbocycles. The number of hydrogen-bond acceptors (Lipinski definition) is 1. The summed E-state index contributed by atoms with van der Waals surface area (Å²) in [6.45, 7) is 13.1. The van der Waals surface area contributed by atoms with Gasteiger partial charge in [0.2, 0.25) is 0 Å². The van der Waals surface area contributed by atoms with Crippen molar-refractivity contribution in [2.24, 2.45) is 5.41 Å². The van der Waals surface area contributed by atoms with Crippen molar-refractivity contribution >= 4 is 0 Å². The van der Waals surface area contributed by atoms with E-state index in [9.17, 15) is 0 Å². The molecule has 0 bridgehead atoms. The lowest BCUT2D eigenvalue weighted by Crippen LogP contribution is -2.26. The average molecular weight is 270 g/mol. The first-order valence-corrected chi connectivity index (χ1v) is 7.32. The molecular weight excluding hydrogens is 244 g/mol. The van der Waals surface area contributed by atoms with Crippen molar-refractivity contribution < 1.29 is 0 Å². The summed E-state index contributed by atoms with van der Waals surface area (Å²) in [4.78, 5) is 0. The number of aryl methyl sites for hydroxylation is 1. The maximum Gasteiger partial charge on any atom is 0.0455 e. The minimum atomic E-state index is 0.324. The fourth-order valence-electron chi connectivity index (χ4n) is 2.55. The SMILES string of the molecule is Cc1cc(CNCC(C)(C)C)c(C)n1-c1ccccc1. The minimum absolute atomic E-state index is 0.324. The van der Waals surface area contributed by atoms with Gasteiger partial charge in [-0.05, 0) is 43.0 Å². The van der Waals surface area contributed by atoms with Crippen molar-refractivity contribution in [3.63, 3.8) is 0 Å². The van der Waals surface area contributed by atoms with Gasteiger partial charge in [0.1, 0.15) is 0 Å². The van der Waals surface area contributed by atoms with Crippen LogP contribution in [0.3, 0.4) is 0 Å². The van der Waals surface area contributed by atoms with Crippen LogP contribution in [-0.2, 0) is 6.54 Å². The zero-order valence-electron chi connectivity index (χ0n) is 13.3. The zero-order valence-corrected chi connectivity index (χ0v) is 13.3. The molecule has 0 saturated heterocycles. The molecule has 2 nitrogen and oxygen atoms in total. The van der Waals surface area contributed by atoms with Crippen molar-refractivity contribution in [3.05, 3.63) is 53.3 Å². The van der Waals surface area contributed by atoms with E-state index in [4.69, 9.17) is 0 Å². The van der Waals surface area contributed by atoms with Gasteiger partial charge in [-0.25, -0.2) is 0 Å². The maximum atomic E-state index is 3.56. The number of aromatic nitrogens is 1. The predicted octanol–water partition coefficient (Wildman–Crippen LogP) is 4.23. The molecule has 0 aliphatic heterocycles. The number of benzene rings is 1. The van der Waals surface area contributed by atoms with E-state index in [1.807, 2.05) is 0 Å². The Balaban J connectivity index is 2.17. The first kappa shape index (κ1) is 14.9. The van der Waals surface area contributed by atoms with Crippen LogP contribution in [0.2, 0.25) is 0 Å². The van der Waals surface area contributed by atoms with Crippen LogP contribution < -0.4 is 5.32 Å². The second-order valence-corrected chi connectivity index (χ2v) is 6.73. The van der Waals surface area contributed by atoms with E-state index < -0.39 is 0 Å². The smallest absolute Gasteiger partial charge is 0.0455 e. The summed E-state index contributed by atoms with van der Waals surface area (Å²) < 4.78 is 2.33. The average Bonchev–Trinajstić information content (AvgIpc) is 2.64. The molecule has 1 aromatic heterocycles. The Bertz CT molecular complexity index is 559. The van der Waals surface area contributed by atoms with Gasteiger partial charge in [-0.1, -0.05) is 39.0 Å². The van der Waals surface area contributed by atoms with Gasteiger partial charge in [-0.15, -0.1) is 0 Å². The van der Waals surface area contributed by atoms with Crippen LogP contribution in [0.1, 0.15) is 37.7 Å². The third kappa shape index (κ3) is 3.51. The third-order valence-corrected chi connectivity index (χ3v) is 3.52. The summed E-state index contributed by atoms with van der Waals surface area (Å²) >= 11 is 0. The Kier molecular flexibility index (Phi) is 4.34. The number of nitrogens with one attached hydrogen (secondary N) is 1. The van der Waals surface area contributed by atoms with Crippen LogP contribution in [-0.4, -0.2) is 11.1 Å². The molecule has 1 aromatic carbocycles. The first-order valence-electron chi connectivity index (χ1n) is 7.32. The molecule has 0 atom stereocenters. The minimum Gasteiger partial charge on any atom is -0.318 e. The van der Waals surface area contributed by atoms with Crippen LogP contribution in [0.15, 0.2) is 36.4 Å². The third-order valence-electron chi connectivity index (χ3n) is 3.52. The number of para-hydroxylation sites is 1. The van der Waals surface area contributed by atoms with Crippen LogP contribution in [0.4, 0.5) is 0 Å². The zero-order chi connectivity index (χ0) is 14.8. The van der Waals surface area contributed by atoms with Crippen LogP contribution in [0.5, 0.6) is 0 Å². The van der Waals surface area contributed by atoms with Gasteiger partial charge in [-0.3, -0.25) is 0 Å². The quantitative estimate of drug-likeness (QED) is 0.879. The molecule has 2 heteroatoms. The Morgan fingerprint density at radius 3 is 2.30 bits per heavy atom. The molecule has 0 fully saturated rings. The Morgan fingerprint density at radius 2 is 1.70 bits per heavy atom. The molecule has 20 heavy (non-hydrogen) atoms. The summed E-state index contributed by atoms with van der Waals surface area (Å²) in [6.07, 6.45) is 0. The molecule has 108 valence electrons. The number of hydrogen-bond donors (Lipinski definition) is 1. The first-order chi connectivity index (χ1) is 9.38. The van der Waals surface area contributed by atoms with E-state index in [1.165, 1.54) is 22.6 Å². The van der Waals surface area contributed by atoms with E-state index in [-0.39, 0.29) is 0 Å². The molecule has 0 amide bonds. The van der Waals surface area contributed by atoms with Gasteiger partial charge in [0, 0.05) is 30.2 Å². The lowest BCUT2D eigenvalue weighted by Gasteiger charge is -2.18. The van der Waals surface area contributed by atoms with Crippen molar-refractivity contribution in [3.8, 4) is 5.69 Å². The summed E-state index contributed by atoms with van der Waals surface area (Å²) in [7, 11) is 0. The van der Waals surface area contributed by atoms with Crippen molar-refractivity contribution in [2.45, 2.75) is 41.2 Å². The lowest BCUT2D eigenvalue weighted by atomic mass is 9.97. The molecule has 0 spiro atoms. The highest BCUT2D eigenvalue weighted by Crippen LogP contribution is 2.21. The Labute approximate surface area is 122 Å². The van der Waals surface area contributed by atoms with Gasteiger partial charge in [0.05, 0.1) is 0 Å². The van der Waals surface area contributed by atoms with Crippen molar-refractivity contribution in [2.75, 3.05) is 6.54 Å². The largest absolute Gasteiger partial charge is 0.318 e. The van der Waals surface area contributed by atoms with Gasteiger partial charge in [0.25, 0.3) is 0 Å². The fraction of sp³-hybridized carbons (Fsp3) is 0.444. The lowest BCUT2D eigenvalue weighted by molar-refractivity contribution is 0.379. The van der Waals surface area contributed by atoms with Gasteiger partial charge in [0.15, 0.2) is 0 Å². The van der Waals surface area contributed by atoms with Crippen LogP contribution in [0.25, 0.3) is 5.69 Å². The summed E-state index contributed by atoms with van der Waals surface area (Å²) in [6, 6.07) is 12.8. The van der Waals surface area contributed by atoms with Crippen molar-refractivity contribution in [1.82, 2.24) is 9.88 Å².